The topological polar surface area (TPSA) is 92.8 Å². The molecule has 4 N–H and O–H groups in total. The van der Waals surface area contributed by atoms with E-state index in [2.05, 4.69) is 90.4 Å². The fraction of sp³-hybridized carbons (Fsp3) is 0.133. The van der Waals surface area contributed by atoms with Crippen molar-refractivity contribution in [1.82, 2.24) is 0 Å². The van der Waals surface area contributed by atoms with Crippen LogP contribution in [0.1, 0.15) is 5.56 Å². The second-order valence-corrected chi connectivity index (χ2v) is 9.52. The van der Waals surface area contributed by atoms with Crippen molar-refractivity contribution in [3.05, 3.63) is 44.1 Å². The number of halogens is 4. The van der Waals surface area contributed by atoms with Gasteiger partial charge in [-0.25, -0.2) is 0 Å². The zero-order valence-electron chi connectivity index (χ0n) is 11.9. The summed E-state index contributed by atoms with van der Waals surface area (Å²) in [5.74, 6) is 0.549. The largest absolute Gasteiger partial charge is 0.506 e. The lowest BCUT2D eigenvalue weighted by molar-refractivity contribution is -0.138. The Hall–Kier alpha value is 0.390. The fourth-order valence-corrected chi connectivity index (χ4v) is 5.72. The highest BCUT2D eigenvalue weighted by molar-refractivity contribution is 14.1. The molecule has 0 bridgehead atoms. The third kappa shape index (κ3) is 5.20. The summed E-state index contributed by atoms with van der Waals surface area (Å²) in [5.41, 5.74) is 6.44. The van der Waals surface area contributed by atoms with Gasteiger partial charge in [-0.2, -0.15) is 0 Å². The summed E-state index contributed by atoms with van der Waals surface area (Å²) in [4.78, 5) is 10.9. The summed E-state index contributed by atoms with van der Waals surface area (Å²) in [6.45, 7) is 0. The smallest absolute Gasteiger partial charge is 0.320 e. The van der Waals surface area contributed by atoms with Crippen LogP contribution in [0.2, 0.25) is 0 Å². The van der Waals surface area contributed by atoms with Crippen molar-refractivity contribution in [2.75, 3.05) is 0 Å². The van der Waals surface area contributed by atoms with Crippen LogP contribution in [0.4, 0.5) is 0 Å². The monoisotopic (exact) mass is 783 g/mol. The van der Waals surface area contributed by atoms with Gasteiger partial charge in [0.25, 0.3) is 0 Å². The van der Waals surface area contributed by atoms with Crippen LogP contribution in [-0.4, -0.2) is 22.2 Å². The highest BCUT2D eigenvalue weighted by Gasteiger charge is 2.16. The summed E-state index contributed by atoms with van der Waals surface area (Å²) < 4.78 is 9.14. The predicted molar refractivity (Wildman–Crippen MR) is 125 cm³/mol. The molecule has 128 valence electrons. The average molecular weight is 783 g/mol. The molecule has 0 saturated carbocycles. The zero-order valence-corrected chi connectivity index (χ0v) is 20.5. The molecular weight excluding hydrogens is 772 g/mol. The van der Waals surface area contributed by atoms with Crippen LogP contribution in [-0.2, 0) is 11.2 Å². The highest BCUT2D eigenvalue weighted by atomic mass is 127. The molecule has 5 nitrogen and oxygen atoms in total. The van der Waals surface area contributed by atoms with E-state index in [1.807, 2.05) is 12.1 Å². The van der Waals surface area contributed by atoms with Crippen molar-refractivity contribution >= 4 is 96.3 Å². The van der Waals surface area contributed by atoms with Crippen LogP contribution in [0.3, 0.4) is 0 Å². The number of phenols is 1. The lowest BCUT2D eigenvalue weighted by atomic mass is 10.1. The Kier molecular flexibility index (Phi) is 7.64. The maximum atomic E-state index is 10.9. The van der Waals surface area contributed by atoms with Gasteiger partial charge in [0.1, 0.15) is 17.5 Å². The van der Waals surface area contributed by atoms with Crippen LogP contribution in [0.15, 0.2) is 24.3 Å². The van der Waals surface area contributed by atoms with Crippen molar-refractivity contribution in [3.8, 4) is 17.2 Å². The number of nitrogens with two attached hydrogens (primary N) is 1. The van der Waals surface area contributed by atoms with Gasteiger partial charge in [0.15, 0.2) is 5.75 Å². The maximum absolute atomic E-state index is 10.9. The summed E-state index contributed by atoms with van der Waals surface area (Å²) in [6.07, 6.45) is 0.261. The van der Waals surface area contributed by atoms with Crippen LogP contribution in [0.5, 0.6) is 17.2 Å². The van der Waals surface area contributed by atoms with Crippen molar-refractivity contribution in [2.24, 2.45) is 5.73 Å². The minimum absolute atomic E-state index is 0.242. The quantitative estimate of drug-likeness (QED) is 0.388. The molecule has 1 atom stereocenters. The number of hydrogen-bond donors (Lipinski definition) is 3. The van der Waals surface area contributed by atoms with Gasteiger partial charge in [0.2, 0.25) is 0 Å². The SMILES string of the molecule is N[C@@H](Cc1cc(I)c(O[13c]2[13cH][13c](I)[13c](O)[13c](I)[13cH]2)c(I)c1)C(=O)O. The molecule has 2 aromatic rings. The number of hydrogen-bond acceptors (Lipinski definition) is 4. The number of carboxylic acids is 1. The van der Waals surface area contributed by atoms with E-state index in [4.69, 9.17) is 15.6 Å². The van der Waals surface area contributed by atoms with Crippen molar-refractivity contribution in [1.29, 1.82) is 0 Å². The molecule has 0 aliphatic carbocycles. The van der Waals surface area contributed by atoms with E-state index in [1.54, 1.807) is 12.1 Å². The minimum atomic E-state index is -1.02. The number of rotatable bonds is 5. The molecule has 0 amide bonds. The van der Waals surface area contributed by atoms with Crippen LogP contribution in [0.25, 0.3) is 0 Å². The molecule has 0 aliphatic rings. The molecule has 0 saturated heterocycles. The number of carbonyl (C=O) groups is 1. The van der Waals surface area contributed by atoms with Gasteiger partial charge in [-0.15, -0.1) is 0 Å². The normalized spacial score (nSPS) is 12.0. The first kappa shape index (κ1) is 20.7. The number of benzene rings is 2. The molecule has 9 heteroatoms. The van der Waals surface area contributed by atoms with Gasteiger partial charge >= 0.3 is 5.97 Å². The Balaban J connectivity index is 2.30. The van der Waals surface area contributed by atoms with Gasteiger partial charge in [0, 0.05) is 0 Å². The first-order chi connectivity index (χ1) is 11.2. The molecule has 0 fully saturated rings. The molecule has 0 heterocycles. The van der Waals surface area contributed by atoms with Gasteiger partial charge < -0.3 is 20.7 Å². The van der Waals surface area contributed by atoms with Gasteiger partial charge in [-0.05, 0) is 127 Å². The fourth-order valence-electron chi connectivity index (χ4n) is 1.89. The van der Waals surface area contributed by atoms with Crippen LogP contribution < -0.4 is 10.5 Å². The van der Waals surface area contributed by atoms with Gasteiger partial charge in [-0.3, -0.25) is 4.79 Å². The van der Waals surface area contributed by atoms with Crippen molar-refractivity contribution in [3.63, 3.8) is 0 Å². The maximum Gasteiger partial charge on any atom is 0.320 e. The molecular formula is C15H11I4NO4. The standard InChI is InChI=1S/C15H11I4NO4/c16-8-4-7(5-9(17)13(8)21)24-14-10(18)1-6(2-11(14)19)3-12(20)15(22)23/h1-2,4-5,12,21H,3,20H2,(H,22,23)/t12-/m0/s1/i4+1,5+1,7+1,8+1,9+1,13+1. The van der Waals surface area contributed by atoms with E-state index >= 15 is 0 Å². The predicted octanol–water partition coefficient (Wildman–Crippen LogP) is 4.56. The second kappa shape index (κ2) is 8.85. The third-order valence-electron chi connectivity index (χ3n) is 3.04. The minimum Gasteiger partial charge on any atom is -0.506 e. The first-order valence-electron chi connectivity index (χ1n) is 6.51. The van der Waals surface area contributed by atoms with Gasteiger partial charge in [-0.1, -0.05) is 0 Å². The number of carboxylic acid groups (broad SMARTS) is 1. The lowest BCUT2D eigenvalue weighted by Crippen LogP contribution is -2.32. The second-order valence-electron chi connectivity index (χ2n) is 4.88. The van der Waals surface area contributed by atoms with E-state index in [0.717, 1.165) is 12.7 Å². The van der Waals surface area contributed by atoms with Crippen LogP contribution >= 0.6 is 90.4 Å². The highest BCUT2D eigenvalue weighted by Crippen LogP contribution is 2.36. The molecule has 0 unspecified atom stereocenters. The summed E-state index contributed by atoms with van der Waals surface area (Å²) in [5, 5.41) is 18.8. The Bertz CT molecular complexity index is 751. The number of ether oxygens (including phenoxy) is 1. The molecule has 0 aromatic heterocycles. The Morgan fingerprint density at radius 3 is 2.00 bits per heavy atom. The van der Waals surface area contributed by atoms with E-state index < -0.39 is 12.0 Å². The molecule has 2 aromatic carbocycles. The Morgan fingerprint density at radius 1 is 1.04 bits per heavy atom. The zero-order chi connectivity index (χ0) is 18.0. The molecule has 0 radical (unpaired) electrons. The third-order valence-corrected chi connectivity index (χ3v) is 6.29. The van der Waals surface area contributed by atoms with E-state index in [9.17, 15) is 9.90 Å². The Morgan fingerprint density at radius 2 is 1.54 bits per heavy atom. The average Bonchev–Trinajstić information content (AvgIpc) is 2.48. The first-order valence-corrected chi connectivity index (χ1v) is 10.8. The lowest BCUT2D eigenvalue weighted by Gasteiger charge is -2.14. The van der Waals surface area contributed by atoms with Crippen molar-refractivity contribution < 1.29 is 19.7 Å². The van der Waals surface area contributed by atoms with Crippen molar-refractivity contribution in [2.45, 2.75) is 12.5 Å². The summed E-state index contributed by atoms with van der Waals surface area (Å²) in [6, 6.07) is 6.34. The van der Waals surface area contributed by atoms with Gasteiger partial charge in [0.05, 0.1) is 14.3 Å². The number of aliphatic carboxylic acids is 1. The molecule has 24 heavy (non-hydrogen) atoms. The summed E-state index contributed by atoms with van der Waals surface area (Å²) >= 11 is 8.42. The number of aromatic hydroxyl groups is 1. The number of phenolic OH excluding ortho intramolecular Hbond substituents is 1. The molecule has 0 aliphatic heterocycles. The van der Waals surface area contributed by atoms with E-state index in [0.29, 0.717) is 18.6 Å². The molecule has 2 rings (SSSR count). The van der Waals surface area contributed by atoms with Crippen LogP contribution in [0, 0.1) is 14.3 Å². The molecule has 0 spiro atoms. The summed E-state index contributed by atoms with van der Waals surface area (Å²) in [7, 11) is 0. The Labute approximate surface area is 193 Å². The van der Waals surface area contributed by atoms with E-state index in [-0.39, 0.29) is 12.2 Å². The van der Waals surface area contributed by atoms with E-state index in [1.165, 1.54) is 0 Å².